The predicted molar refractivity (Wildman–Crippen MR) is 103 cm³/mol. The third kappa shape index (κ3) is 12.5. The van der Waals surface area contributed by atoms with Crippen LogP contribution in [-0.4, -0.2) is 201 Å². The van der Waals surface area contributed by atoms with E-state index in [-0.39, 0.29) is 113 Å². The largest absolute Gasteiger partial charge is 2.00 e. The zero-order valence-electron chi connectivity index (χ0n) is 17.6. The SMILES string of the molecule is [Ca+2].[Ca+2].[Ca+2].[O-]B1OB2OB([O-])OB(O1)O2.[O-]B1OB2OB([O-])OB(O1)O2.[O-]B1OB2OB([O-])OB(O1)O2. The van der Waals surface area contributed by atoms with Gasteiger partial charge >= 0.3 is 201 Å². The Morgan fingerprint density at radius 1 is 0.222 bits per heavy atom. The molecule has 0 saturated carbocycles. The van der Waals surface area contributed by atoms with Crippen LogP contribution in [0.4, 0.5) is 0 Å². The summed E-state index contributed by atoms with van der Waals surface area (Å²) in [5, 5.41) is 62.9. The van der Waals surface area contributed by atoms with Gasteiger partial charge in [0.15, 0.2) is 0 Å². The molecule has 36 heavy (non-hydrogen) atoms. The van der Waals surface area contributed by atoms with Gasteiger partial charge in [-0.2, -0.15) is 0 Å². The van der Waals surface area contributed by atoms with Crippen LogP contribution in [0.5, 0.6) is 0 Å². The Bertz CT molecular complexity index is 443. The second-order valence-electron chi connectivity index (χ2n) is 5.51. The molecule has 6 aliphatic heterocycles. The fourth-order valence-electron chi connectivity index (χ4n) is 2.13. The molecule has 0 aromatic heterocycles. The molecule has 0 aromatic rings. The third-order valence-electron chi connectivity index (χ3n) is 3.33. The van der Waals surface area contributed by atoms with E-state index in [0.29, 0.717) is 0 Å². The number of fused-ring (bicyclic) bond motifs is 6. The molecule has 6 bridgehead atoms. The van der Waals surface area contributed by atoms with Crippen LogP contribution in [0.25, 0.3) is 0 Å². The topological polar surface area (TPSA) is 277 Å². The summed E-state index contributed by atoms with van der Waals surface area (Å²) in [5.41, 5.74) is 0. The van der Waals surface area contributed by atoms with E-state index >= 15 is 0 Å². The van der Waals surface area contributed by atoms with Crippen LogP contribution in [0.1, 0.15) is 0 Å². The van der Waals surface area contributed by atoms with Crippen LogP contribution < -0.4 is 30.1 Å². The molecule has 168 valence electrons. The summed E-state index contributed by atoms with van der Waals surface area (Å²) in [6, 6.07) is 0. The zero-order chi connectivity index (χ0) is 23.5. The molecule has 6 fully saturated rings. The molecular formula is B12Ca3O21. The first-order valence-corrected chi connectivity index (χ1v) is 8.49. The molecule has 36 heteroatoms. The van der Waals surface area contributed by atoms with Crippen LogP contribution in [0, 0.1) is 0 Å². The standard InChI is InChI=1S/3B4O7.3Ca/c3*5-1-7-3-9-2(6)10-4(8-1)11-3;;;/q3*-2;3*+2. The van der Waals surface area contributed by atoms with Crippen molar-refractivity contribution in [2.24, 2.45) is 0 Å². The summed E-state index contributed by atoms with van der Waals surface area (Å²) in [6.07, 6.45) is 0. The Balaban J connectivity index is 0.000000259. The van der Waals surface area contributed by atoms with Crippen molar-refractivity contribution in [3.63, 3.8) is 0 Å². The molecule has 6 heterocycles. The quantitative estimate of drug-likeness (QED) is 0.238. The minimum absolute atomic E-state index is 0. The normalized spacial score (nSPS) is 22.5. The van der Waals surface area contributed by atoms with E-state index in [2.05, 4.69) is 68.6 Å². The summed E-state index contributed by atoms with van der Waals surface area (Å²) in [6.45, 7) is 0. The molecule has 0 unspecified atom stereocenters. The molecular weight excluding hydrogens is 586 g/mol. The maximum atomic E-state index is 10.5. The van der Waals surface area contributed by atoms with E-state index in [1.165, 1.54) is 0 Å². The van der Waals surface area contributed by atoms with Crippen molar-refractivity contribution in [1.82, 2.24) is 0 Å². The van der Waals surface area contributed by atoms with Crippen molar-refractivity contribution < 1.29 is 98.7 Å². The van der Waals surface area contributed by atoms with Gasteiger partial charge in [0.05, 0.1) is 0 Å². The van der Waals surface area contributed by atoms with Crippen molar-refractivity contribution in [3.8, 4) is 0 Å². The average molecular weight is 586 g/mol. The van der Waals surface area contributed by atoms with Gasteiger partial charge in [0, 0.05) is 0 Å². The molecule has 6 rings (SSSR count). The second-order valence-corrected chi connectivity index (χ2v) is 5.51. The van der Waals surface area contributed by atoms with Crippen molar-refractivity contribution >= 4 is 201 Å². The summed E-state index contributed by atoms with van der Waals surface area (Å²) in [4.78, 5) is 0. The van der Waals surface area contributed by atoms with Crippen molar-refractivity contribution in [2.75, 3.05) is 0 Å². The van der Waals surface area contributed by atoms with Crippen molar-refractivity contribution in [2.45, 2.75) is 0 Å². The van der Waals surface area contributed by atoms with E-state index in [9.17, 15) is 30.1 Å². The first-order valence-electron chi connectivity index (χ1n) is 8.49. The average Bonchev–Trinajstić information content (AvgIpc) is 2.65. The van der Waals surface area contributed by atoms with Crippen LogP contribution in [0.3, 0.4) is 0 Å². The van der Waals surface area contributed by atoms with E-state index in [0.717, 1.165) is 0 Å². The molecule has 0 amide bonds. The Morgan fingerprint density at radius 3 is 0.444 bits per heavy atom. The minimum Gasteiger partial charge on any atom is -0.833 e. The van der Waals surface area contributed by atoms with Gasteiger partial charge in [-0.1, -0.05) is 0 Å². The zero-order valence-corrected chi connectivity index (χ0v) is 24.2. The Hall–Kier alpha value is 3.72. The first-order chi connectivity index (χ1) is 15.7. The van der Waals surface area contributed by atoms with Gasteiger partial charge in [-0.05, 0) is 0 Å². The van der Waals surface area contributed by atoms with Gasteiger partial charge in [0.1, 0.15) is 0 Å². The fraction of sp³-hybridized carbons (Fsp3) is 0. The summed E-state index contributed by atoms with van der Waals surface area (Å²) in [7, 11) is -18.0. The summed E-state index contributed by atoms with van der Waals surface area (Å²) in [5.74, 6) is 0. The Labute approximate surface area is 295 Å². The van der Waals surface area contributed by atoms with Crippen LogP contribution in [-0.2, 0) is 68.6 Å². The maximum absolute atomic E-state index is 10.5. The van der Waals surface area contributed by atoms with Crippen LogP contribution in [0.2, 0.25) is 0 Å². The molecule has 0 atom stereocenters. The fourth-order valence-corrected chi connectivity index (χ4v) is 2.13. The number of hydrogen-bond acceptors (Lipinski definition) is 21. The maximum Gasteiger partial charge on any atom is 2.00 e. The van der Waals surface area contributed by atoms with E-state index in [4.69, 9.17) is 0 Å². The molecule has 6 aliphatic rings. The molecule has 21 nitrogen and oxygen atoms in total. The Morgan fingerprint density at radius 2 is 0.333 bits per heavy atom. The minimum atomic E-state index is -1.73. The van der Waals surface area contributed by atoms with Gasteiger partial charge in [-0.15, -0.1) is 0 Å². The Kier molecular flexibility index (Phi) is 19.3. The van der Waals surface area contributed by atoms with Crippen LogP contribution >= 0.6 is 0 Å². The van der Waals surface area contributed by atoms with Gasteiger partial charge in [-0.25, -0.2) is 0 Å². The summed E-state index contributed by atoms with van der Waals surface area (Å²) >= 11 is 0. The van der Waals surface area contributed by atoms with Gasteiger partial charge in [-0.3, -0.25) is 0 Å². The van der Waals surface area contributed by atoms with E-state index < -0.39 is 87.9 Å². The molecule has 0 radical (unpaired) electrons. The van der Waals surface area contributed by atoms with Crippen molar-refractivity contribution in [1.29, 1.82) is 0 Å². The molecule has 0 aromatic carbocycles. The molecule has 0 spiro atoms. The van der Waals surface area contributed by atoms with Gasteiger partial charge < -0.3 is 98.7 Å². The summed E-state index contributed by atoms with van der Waals surface area (Å²) < 4.78 is 65.6. The van der Waals surface area contributed by atoms with Gasteiger partial charge in [0.25, 0.3) is 0 Å². The number of rotatable bonds is 0. The first kappa shape index (κ1) is 37.7. The number of hydrogen-bond donors (Lipinski definition) is 0. The van der Waals surface area contributed by atoms with Crippen LogP contribution in [0.15, 0.2) is 0 Å². The monoisotopic (exact) mass is 588 g/mol. The molecule has 6 saturated heterocycles. The predicted octanol–water partition coefficient (Wildman–Crippen LogP) is -13.9. The third-order valence-corrected chi connectivity index (χ3v) is 3.33. The van der Waals surface area contributed by atoms with E-state index in [1.807, 2.05) is 0 Å². The van der Waals surface area contributed by atoms with Gasteiger partial charge in [0.2, 0.25) is 0 Å². The van der Waals surface area contributed by atoms with E-state index in [1.54, 1.807) is 0 Å². The van der Waals surface area contributed by atoms with Crippen molar-refractivity contribution in [3.05, 3.63) is 0 Å². The second kappa shape index (κ2) is 18.4. The molecule has 0 N–H and O–H groups in total. The smallest absolute Gasteiger partial charge is 0.833 e. The molecule has 0 aliphatic carbocycles.